The van der Waals surface area contributed by atoms with Crippen LogP contribution < -0.4 is 5.32 Å². The number of piperazine rings is 1. The number of H-pyrrole nitrogens is 1. The maximum atomic E-state index is 13.6. The molecule has 2 atom stereocenters. The van der Waals surface area contributed by atoms with Gasteiger partial charge in [-0.15, -0.1) is 11.3 Å². The number of aromatic nitrogens is 3. The van der Waals surface area contributed by atoms with E-state index in [2.05, 4.69) is 32.3 Å². The van der Waals surface area contributed by atoms with Crippen LogP contribution in [0.3, 0.4) is 0 Å². The summed E-state index contributed by atoms with van der Waals surface area (Å²) in [6, 6.07) is 0.715. The van der Waals surface area contributed by atoms with Crippen LogP contribution in [-0.4, -0.2) is 73.5 Å². The number of hydrogen-bond donors (Lipinski definition) is 2. The van der Waals surface area contributed by atoms with Crippen LogP contribution >= 0.6 is 11.3 Å². The van der Waals surface area contributed by atoms with Crippen molar-refractivity contribution in [3.63, 3.8) is 0 Å². The lowest BCUT2D eigenvalue weighted by Crippen LogP contribution is -2.60. The van der Waals surface area contributed by atoms with Gasteiger partial charge in [0.2, 0.25) is 0 Å². The Morgan fingerprint density at radius 1 is 1.32 bits per heavy atom. The van der Waals surface area contributed by atoms with Crippen molar-refractivity contribution in [2.45, 2.75) is 65.2 Å². The predicted molar refractivity (Wildman–Crippen MR) is 120 cm³/mol. The van der Waals surface area contributed by atoms with E-state index in [1.807, 2.05) is 23.6 Å². The van der Waals surface area contributed by atoms with E-state index >= 15 is 0 Å². The molecule has 168 valence electrons. The number of thiazole rings is 1. The van der Waals surface area contributed by atoms with Gasteiger partial charge in [0, 0.05) is 36.1 Å². The van der Waals surface area contributed by atoms with Crippen molar-refractivity contribution >= 4 is 29.1 Å². The highest BCUT2D eigenvalue weighted by molar-refractivity contribution is 7.07. The molecule has 0 aliphatic carbocycles. The molecule has 0 bridgehead atoms. The first-order valence-electron chi connectivity index (χ1n) is 10.5. The molecule has 5 heterocycles. The molecule has 2 aromatic heterocycles. The molecular weight excluding hydrogens is 414 g/mol. The molecule has 2 fully saturated rings. The zero-order valence-electron chi connectivity index (χ0n) is 17.5. The number of carbonyl (C=O) groups excluding carboxylic acids is 2. The Bertz CT molecular complexity index is 971. The molecule has 5 rings (SSSR count). The van der Waals surface area contributed by atoms with Crippen molar-refractivity contribution in [2.75, 3.05) is 25.0 Å². The van der Waals surface area contributed by atoms with Crippen molar-refractivity contribution in [1.29, 1.82) is 0 Å². The number of hydrogen-bond acceptors (Lipinski definition) is 6. The molecule has 31 heavy (non-hydrogen) atoms. The van der Waals surface area contributed by atoms with Crippen molar-refractivity contribution in [2.24, 2.45) is 0 Å². The van der Waals surface area contributed by atoms with E-state index in [-0.39, 0.29) is 25.4 Å². The second-order valence-corrected chi connectivity index (χ2v) is 9.69. The van der Waals surface area contributed by atoms with Crippen molar-refractivity contribution < 1.29 is 9.59 Å². The van der Waals surface area contributed by atoms with E-state index in [1.54, 1.807) is 10.9 Å². The molecule has 10 heteroatoms. The second-order valence-electron chi connectivity index (χ2n) is 8.97. The molecule has 3 amide bonds. The quantitative estimate of drug-likeness (QED) is 0.740. The predicted octanol–water partition coefficient (Wildman–Crippen LogP) is 3.09. The van der Waals surface area contributed by atoms with Crippen LogP contribution in [0.2, 0.25) is 0 Å². The number of nitrogens with zero attached hydrogens (tertiary/aromatic N) is 5. The van der Waals surface area contributed by atoms with E-state index in [9.17, 15) is 9.59 Å². The van der Waals surface area contributed by atoms with Gasteiger partial charge in [0.15, 0.2) is 5.82 Å². The van der Waals surface area contributed by atoms with Crippen LogP contribution in [0.5, 0.6) is 0 Å². The van der Waals surface area contributed by atoms with E-state index in [0.717, 1.165) is 37.3 Å². The molecule has 0 radical (unpaired) electrons. The van der Waals surface area contributed by atoms with Gasteiger partial charge in [0.1, 0.15) is 5.69 Å². The fourth-order valence-electron chi connectivity index (χ4n) is 5.03. The number of urea groups is 1. The Labute approximate surface area is 186 Å². The van der Waals surface area contributed by atoms with Gasteiger partial charge in [-0.3, -0.25) is 14.8 Å². The van der Waals surface area contributed by atoms with Crippen LogP contribution in [0.1, 0.15) is 62.8 Å². The van der Waals surface area contributed by atoms with Gasteiger partial charge in [0.05, 0.1) is 23.3 Å². The summed E-state index contributed by atoms with van der Waals surface area (Å²) in [7, 11) is 0. The largest absolute Gasteiger partial charge is 0.321 e. The number of aromatic amines is 1. The monoisotopic (exact) mass is 445 g/mol. The average Bonchev–Trinajstić information content (AvgIpc) is 3.47. The van der Waals surface area contributed by atoms with E-state index in [1.165, 1.54) is 17.8 Å². The van der Waals surface area contributed by atoms with Crippen LogP contribution in [0.4, 0.5) is 10.6 Å². The van der Waals surface area contributed by atoms with Gasteiger partial charge in [0.25, 0.3) is 5.91 Å². The molecule has 0 unspecified atom stereocenters. The molecule has 0 aromatic carbocycles. The number of fused-ring (bicyclic) bond motifs is 2. The first kappa shape index (κ1) is 21.8. The molecule has 2 aromatic rings. The summed E-state index contributed by atoms with van der Waals surface area (Å²) in [4.78, 5) is 36.5. The zero-order chi connectivity index (χ0) is 21.0. The Balaban J connectivity index is 0.00000231. The summed E-state index contributed by atoms with van der Waals surface area (Å²) in [5.41, 5.74) is 3.19. The smallest absolute Gasteiger partial charge is 0.319 e. The Kier molecular flexibility index (Phi) is 5.55. The third-order valence-corrected chi connectivity index (χ3v) is 7.37. The lowest BCUT2D eigenvalue weighted by molar-refractivity contribution is 0.0454. The lowest BCUT2D eigenvalue weighted by Gasteiger charge is -2.45. The van der Waals surface area contributed by atoms with Crippen LogP contribution in [0.15, 0.2) is 10.9 Å². The summed E-state index contributed by atoms with van der Waals surface area (Å²) >= 11 is 1.37. The molecule has 0 spiro atoms. The van der Waals surface area contributed by atoms with Crippen molar-refractivity contribution in [1.82, 2.24) is 29.9 Å². The Hall–Kier alpha value is -2.46. The third kappa shape index (κ3) is 3.51. The molecule has 2 N–H and O–H groups in total. The number of amides is 3. The van der Waals surface area contributed by atoms with Crippen molar-refractivity contribution in [3.8, 4) is 0 Å². The SMILES string of the molecule is C.C[C@H]1CN2CCC[C@H]2CN1C(=O)N1Cc2c(NC(=O)c3cscn3)n[nH]c2C1(C)C. The van der Waals surface area contributed by atoms with Crippen molar-refractivity contribution in [3.05, 3.63) is 27.8 Å². The average molecular weight is 446 g/mol. The van der Waals surface area contributed by atoms with E-state index in [0.29, 0.717) is 24.1 Å². The maximum absolute atomic E-state index is 13.6. The Morgan fingerprint density at radius 2 is 2.13 bits per heavy atom. The van der Waals surface area contributed by atoms with Crippen LogP contribution in [-0.2, 0) is 12.1 Å². The summed E-state index contributed by atoms with van der Waals surface area (Å²) in [6.07, 6.45) is 2.38. The number of carbonyl (C=O) groups is 2. The topological polar surface area (TPSA) is 97.5 Å². The summed E-state index contributed by atoms with van der Waals surface area (Å²) < 4.78 is 0. The highest BCUT2D eigenvalue weighted by Crippen LogP contribution is 2.41. The minimum Gasteiger partial charge on any atom is -0.319 e. The van der Waals surface area contributed by atoms with Crippen LogP contribution in [0.25, 0.3) is 0 Å². The first-order valence-corrected chi connectivity index (χ1v) is 11.4. The summed E-state index contributed by atoms with van der Waals surface area (Å²) in [6.45, 7) is 9.47. The number of rotatable bonds is 2. The fourth-order valence-corrected chi connectivity index (χ4v) is 5.56. The molecule has 3 aliphatic rings. The molecular formula is C21H31N7O2S. The third-order valence-electron chi connectivity index (χ3n) is 6.78. The van der Waals surface area contributed by atoms with Gasteiger partial charge >= 0.3 is 6.03 Å². The molecule has 9 nitrogen and oxygen atoms in total. The normalized spacial score (nSPS) is 24.5. The molecule has 2 saturated heterocycles. The Morgan fingerprint density at radius 3 is 2.87 bits per heavy atom. The zero-order valence-corrected chi connectivity index (χ0v) is 18.3. The maximum Gasteiger partial charge on any atom is 0.321 e. The van der Waals surface area contributed by atoms with E-state index < -0.39 is 5.54 Å². The minimum atomic E-state index is -0.532. The van der Waals surface area contributed by atoms with Gasteiger partial charge in [-0.1, -0.05) is 7.43 Å². The van der Waals surface area contributed by atoms with Gasteiger partial charge in [-0.05, 0) is 40.2 Å². The number of anilines is 1. The van der Waals surface area contributed by atoms with E-state index in [4.69, 9.17) is 0 Å². The highest BCUT2D eigenvalue weighted by atomic mass is 32.1. The first-order chi connectivity index (χ1) is 14.4. The van der Waals surface area contributed by atoms with Gasteiger partial charge in [-0.2, -0.15) is 5.10 Å². The molecule has 0 saturated carbocycles. The summed E-state index contributed by atoms with van der Waals surface area (Å²) in [5.74, 6) is 0.180. The lowest BCUT2D eigenvalue weighted by atomic mass is 10.0. The second kappa shape index (κ2) is 7.90. The number of nitrogens with one attached hydrogen (secondary N) is 2. The fraction of sp³-hybridized carbons (Fsp3) is 0.619. The van der Waals surface area contributed by atoms with Crippen LogP contribution in [0, 0.1) is 0 Å². The van der Waals surface area contributed by atoms with Gasteiger partial charge in [-0.25, -0.2) is 9.78 Å². The minimum absolute atomic E-state index is 0. The standard InChI is InChI=1S/C20H27N7O2S.CH4/c1-12-7-25-6-4-5-13(25)8-26(12)19(29)27-9-14-16(20(27,2)3)23-24-17(14)22-18(28)15-10-30-11-21-15;/h10-13H,4-9H2,1-3H3,(H2,22,23,24,28);1H4/t12-,13-;/m0./s1. The molecule has 3 aliphatic heterocycles. The highest BCUT2D eigenvalue weighted by Gasteiger charge is 2.47. The summed E-state index contributed by atoms with van der Waals surface area (Å²) in [5, 5.41) is 11.9. The van der Waals surface area contributed by atoms with Gasteiger partial charge < -0.3 is 15.1 Å².